The lowest BCUT2D eigenvalue weighted by atomic mass is 10.00. The SMILES string of the molecule is COC(=O)C(C)(CN1CCN2CCCC2C1)NC1CC1. The molecule has 0 aromatic carbocycles. The number of fused-ring (bicyclic) bond motifs is 1. The number of piperazine rings is 1. The van der Waals surface area contributed by atoms with E-state index in [4.69, 9.17) is 4.74 Å². The zero-order valence-corrected chi connectivity index (χ0v) is 12.7. The molecule has 2 aliphatic heterocycles. The van der Waals surface area contributed by atoms with Crippen LogP contribution < -0.4 is 5.32 Å². The van der Waals surface area contributed by atoms with Crippen LogP contribution in [-0.4, -0.2) is 73.2 Å². The molecule has 5 nitrogen and oxygen atoms in total. The molecule has 0 amide bonds. The summed E-state index contributed by atoms with van der Waals surface area (Å²) >= 11 is 0. The third-order valence-electron chi connectivity index (χ3n) is 4.95. The maximum Gasteiger partial charge on any atom is 0.327 e. The molecule has 1 saturated carbocycles. The first-order valence-electron chi connectivity index (χ1n) is 7.93. The van der Waals surface area contributed by atoms with Gasteiger partial charge in [0, 0.05) is 38.3 Å². The Morgan fingerprint density at radius 1 is 1.30 bits per heavy atom. The van der Waals surface area contributed by atoms with Crippen LogP contribution in [0.3, 0.4) is 0 Å². The molecule has 0 aromatic rings. The number of methoxy groups -OCH3 is 1. The summed E-state index contributed by atoms with van der Waals surface area (Å²) in [6.45, 7) is 7.32. The zero-order chi connectivity index (χ0) is 14.2. The van der Waals surface area contributed by atoms with E-state index in [9.17, 15) is 4.79 Å². The summed E-state index contributed by atoms with van der Waals surface area (Å²) in [7, 11) is 1.49. The van der Waals surface area contributed by atoms with Gasteiger partial charge in [-0.05, 0) is 39.2 Å². The van der Waals surface area contributed by atoms with Crippen LogP contribution in [0.2, 0.25) is 0 Å². The minimum atomic E-state index is -0.559. The van der Waals surface area contributed by atoms with Gasteiger partial charge in [0.15, 0.2) is 0 Å². The first-order chi connectivity index (χ1) is 9.60. The maximum absolute atomic E-state index is 12.2. The Morgan fingerprint density at radius 3 is 2.80 bits per heavy atom. The molecule has 0 spiro atoms. The van der Waals surface area contributed by atoms with Gasteiger partial charge in [0.05, 0.1) is 7.11 Å². The molecule has 2 unspecified atom stereocenters. The summed E-state index contributed by atoms with van der Waals surface area (Å²) in [5.74, 6) is -0.127. The molecule has 0 bridgehead atoms. The number of carbonyl (C=O) groups is 1. The van der Waals surface area contributed by atoms with Crippen molar-refractivity contribution in [1.82, 2.24) is 15.1 Å². The molecule has 0 radical (unpaired) electrons. The Bertz CT molecular complexity index is 372. The van der Waals surface area contributed by atoms with Gasteiger partial charge in [-0.15, -0.1) is 0 Å². The average Bonchev–Trinajstić information content (AvgIpc) is 3.11. The molecule has 2 saturated heterocycles. The highest BCUT2D eigenvalue weighted by Crippen LogP contribution is 2.26. The molecule has 3 fully saturated rings. The maximum atomic E-state index is 12.2. The van der Waals surface area contributed by atoms with Crippen LogP contribution in [0.4, 0.5) is 0 Å². The monoisotopic (exact) mass is 281 g/mol. The number of rotatable bonds is 5. The van der Waals surface area contributed by atoms with Crippen molar-refractivity contribution < 1.29 is 9.53 Å². The standard InChI is InChI=1S/C15H27N3O2/c1-15(14(19)20-2,16-12-5-6-12)11-17-8-9-18-7-3-4-13(18)10-17/h12-13,16H,3-11H2,1-2H3. The van der Waals surface area contributed by atoms with Crippen molar-refractivity contribution in [1.29, 1.82) is 0 Å². The Morgan fingerprint density at radius 2 is 2.10 bits per heavy atom. The molecule has 0 aromatic heterocycles. The Balaban J connectivity index is 1.61. The normalized spacial score (nSPS) is 30.8. The van der Waals surface area contributed by atoms with Gasteiger partial charge in [0.1, 0.15) is 5.54 Å². The van der Waals surface area contributed by atoms with Gasteiger partial charge in [-0.2, -0.15) is 0 Å². The van der Waals surface area contributed by atoms with Gasteiger partial charge in [-0.25, -0.2) is 0 Å². The van der Waals surface area contributed by atoms with Crippen molar-refractivity contribution in [3.8, 4) is 0 Å². The van der Waals surface area contributed by atoms with Crippen molar-refractivity contribution in [2.24, 2.45) is 0 Å². The van der Waals surface area contributed by atoms with Crippen LogP contribution in [0.15, 0.2) is 0 Å². The topological polar surface area (TPSA) is 44.8 Å². The fourth-order valence-electron chi connectivity index (χ4n) is 3.72. The van der Waals surface area contributed by atoms with Crippen molar-refractivity contribution in [2.45, 2.75) is 50.2 Å². The zero-order valence-electron chi connectivity index (χ0n) is 12.7. The predicted octanol–water partition coefficient (Wildman–Crippen LogP) is 0.450. The van der Waals surface area contributed by atoms with Crippen LogP contribution in [-0.2, 0) is 9.53 Å². The second-order valence-electron chi connectivity index (χ2n) is 6.81. The van der Waals surface area contributed by atoms with Gasteiger partial charge in [0.25, 0.3) is 0 Å². The Hall–Kier alpha value is -0.650. The molecule has 5 heteroatoms. The van der Waals surface area contributed by atoms with E-state index in [0.717, 1.165) is 26.2 Å². The highest BCUT2D eigenvalue weighted by atomic mass is 16.5. The fourth-order valence-corrected chi connectivity index (χ4v) is 3.72. The first-order valence-corrected chi connectivity index (χ1v) is 7.93. The number of esters is 1. The molecule has 20 heavy (non-hydrogen) atoms. The van der Waals surface area contributed by atoms with Gasteiger partial charge in [-0.1, -0.05) is 0 Å². The summed E-state index contributed by atoms with van der Waals surface area (Å²) < 4.78 is 5.03. The third kappa shape index (κ3) is 3.00. The molecular weight excluding hydrogens is 254 g/mol. The summed E-state index contributed by atoms with van der Waals surface area (Å²) in [6, 6.07) is 1.21. The van der Waals surface area contributed by atoms with E-state index in [2.05, 4.69) is 15.1 Å². The van der Waals surface area contributed by atoms with Crippen molar-refractivity contribution in [2.75, 3.05) is 39.8 Å². The summed E-state index contributed by atoms with van der Waals surface area (Å²) in [6.07, 6.45) is 5.00. The van der Waals surface area contributed by atoms with Crippen molar-refractivity contribution in [3.63, 3.8) is 0 Å². The Kier molecular flexibility index (Phi) is 4.02. The average molecular weight is 281 g/mol. The van der Waals surface area contributed by atoms with E-state index in [1.54, 1.807) is 0 Å². The lowest BCUT2D eigenvalue weighted by Crippen LogP contribution is -2.61. The number of hydrogen-bond donors (Lipinski definition) is 1. The van der Waals surface area contributed by atoms with E-state index < -0.39 is 5.54 Å². The quantitative estimate of drug-likeness (QED) is 0.741. The summed E-state index contributed by atoms with van der Waals surface area (Å²) in [5, 5.41) is 3.50. The highest BCUT2D eigenvalue weighted by molar-refractivity contribution is 5.80. The minimum Gasteiger partial charge on any atom is -0.468 e. The van der Waals surface area contributed by atoms with Crippen molar-refractivity contribution in [3.05, 3.63) is 0 Å². The molecule has 3 aliphatic rings. The van der Waals surface area contributed by atoms with E-state index in [-0.39, 0.29) is 5.97 Å². The first kappa shape index (κ1) is 14.3. The predicted molar refractivity (Wildman–Crippen MR) is 77.6 cm³/mol. The van der Waals surface area contributed by atoms with Crippen LogP contribution in [0, 0.1) is 0 Å². The molecule has 114 valence electrons. The summed E-state index contributed by atoms with van der Waals surface area (Å²) in [5.41, 5.74) is -0.559. The van der Waals surface area contributed by atoms with Gasteiger partial charge < -0.3 is 4.74 Å². The van der Waals surface area contributed by atoms with Gasteiger partial charge >= 0.3 is 5.97 Å². The second kappa shape index (κ2) is 5.62. The Labute approximate surface area is 121 Å². The minimum absolute atomic E-state index is 0.127. The smallest absolute Gasteiger partial charge is 0.327 e. The third-order valence-corrected chi connectivity index (χ3v) is 4.95. The molecule has 1 N–H and O–H groups in total. The van der Waals surface area contributed by atoms with Crippen LogP contribution in [0.25, 0.3) is 0 Å². The van der Waals surface area contributed by atoms with Crippen LogP contribution >= 0.6 is 0 Å². The fraction of sp³-hybridized carbons (Fsp3) is 0.933. The van der Waals surface area contributed by atoms with Crippen LogP contribution in [0.1, 0.15) is 32.6 Å². The molecule has 1 aliphatic carbocycles. The molecule has 2 heterocycles. The second-order valence-corrected chi connectivity index (χ2v) is 6.81. The summed E-state index contributed by atoms with van der Waals surface area (Å²) in [4.78, 5) is 17.2. The van der Waals surface area contributed by atoms with E-state index in [1.165, 1.54) is 39.3 Å². The van der Waals surface area contributed by atoms with Crippen molar-refractivity contribution >= 4 is 5.97 Å². The van der Waals surface area contributed by atoms with Gasteiger partial charge in [-0.3, -0.25) is 19.9 Å². The number of nitrogens with one attached hydrogen (secondary N) is 1. The number of carbonyl (C=O) groups excluding carboxylic acids is 1. The van der Waals surface area contributed by atoms with E-state index in [0.29, 0.717) is 12.1 Å². The largest absolute Gasteiger partial charge is 0.468 e. The lowest BCUT2D eigenvalue weighted by molar-refractivity contribution is -0.149. The highest BCUT2D eigenvalue weighted by Gasteiger charge is 2.42. The lowest BCUT2D eigenvalue weighted by Gasteiger charge is -2.41. The van der Waals surface area contributed by atoms with E-state index >= 15 is 0 Å². The van der Waals surface area contributed by atoms with Gasteiger partial charge in [0.2, 0.25) is 0 Å². The number of hydrogen-bond acceptors (Lipinski definition) is 5. The van der Waals surface area contributed by atoms with E-state index in [1.807, 2.05) is 6.92 Å². The number of ether oxygens (including phenoxy) is 1. The molecule has 3 rings (SSSR count). The molecular formula is C15H27N3O2. The molecule has 2 atom stereocenters. The number of nitrogens with zero attached hydrogens (tertiary/aromatic N) is 2. The van der Waals surface area contributed by atoms with Crippen LogP contribution in [0.5, 0.6) is 0 Å².